The highest BCUT2D eigenvalue weighted by atomic mass is 19.4. The summed E-state index contributed by atoms with van der Waals surface area (Å²) in [5, 5.41) is 5.49. The van der Waals surface area contributed by atoms with Crippen molar-refractivity contribution >= 4 is 11.8 Å². The van der Waals surface area contributed by atoms with Gasteiger partial charge in [-0.2, -0.15) is 18.2 Å². The number of alkyl halides is 3. The van der Waals surface area contributed by atoms with E-state index in [-0.39, 0.29) is 11.8 Å². The molecule has 1 aromatic heterocycles. The van der Waals surface area contributed by atoms with E-state index in [0.717, 1.165) is 25.7 Å². The molecule has 0 atom stereocenters. The molecule has 1 aliphatic rings. The van der Waals surface area contributed by atoms with Crippen LogP contribution >= 0.6 is 0 Å². The van der Waals surface area contributed by atoms with Crippen LogP contribution in [0.4, 0.5) is 24.9 Å². The van der Waals surface area contributed by atoms with Crippen LogP contribution in [0, 0.1) is 0 Å². The molecule has 0 aromatic carbocycles. The predicted molar refractivity (Wildman–Crippen MR) is 75.4 cm³/mol. The third-order valence-corrected chi connectivity index (χ3v) is 3.42. The SMILES string of the molecule is CNc1nc(NCCN2CCCCC2)cc(C(F)(F)F)n1. The summed E-state index contributed by atoms with van der Waals surface area (Å²) in [6, 6.07) is 0.942. The maximum absolute atomic E-state index is 12.7. The Morgan fingerprint density at radius 3 is 2.52 bits per heavy atom. The quantitative estimate of drug-likeness (QED) is 0.875. The van der Waals surface area contributed by atoms with E-state index in [9.17, 15) is 13.2 Å². The predicted octanol–water partition coefficient (Wildman–Crippen LogP) is 2.43. The summed E-state index contributed by atoms with van der Waals surface area (Å²) in [6.07, 6.45) is -0.834. The zero-order chi connectivity index (χ0) is 15.3. The number of hydrogen-bond acceptors (Lipinski definition) is 5. The Kier molecular flexibility index (Phi) is 5.22. The zero-order valence-electron chi connectivity index (χ0n) is 12.0. The molecule has 5 nitrogen and oxygen atoms in total. The van der Waals surface area contributed by atoms with Gasteiger partial charge in [-0.15, -0.1) is 0 Å². The van der Waals surface area contributed by atoms with Gasteiger partial charge in [-0.05, 0) is 25.9 Å². The number of anilines is 2. The van der Waals surface area contributed by atoms with Gasteiger partial charge in [0.2, 0.25) is 5.95 Å². The Morgan fingerprint density at radius 2 is 1.90 bits per heavy atom. The first kappa shape index (κ1) is 15.8. The van der Waals surface area contributed by atoms with Crippen LogP contribution in [0.2, 0.25) is 0 Å². The first-order valence-corrected chi connectivity index (χ1v) is 7.09. The van der Waals surface area contributed by atoms with Crippen LogP contribution in [0.5, 0.6) is 0 Å². The summed E-state index contributed by atoms with van der Waals surface area (Å²) >= 11 is 0. The molecule has 0 saturated carbocycles. The molecule has 0 aliphatic carbocycles. The van der Waals surface area contributed by atoms with Crippen molar-refractivity contribution in [2.75, 3.05) is 43.9 Å². The molecule has 1 aromatic rings. The highest BCUT2D eigenvalue weighted by molar-refractivity contribution is 5.42. The molecule has 0 unspecified atom stereocenters. The lowest BCUT2D eigenvalue weighted by molar-refractivity contribution is -0.141. The standard InChI is InChI=1S/C13H20F3N5/c1-17-12-19-10(13(14,15)16)9-11(20-12)18-5-8-21-6-3-2-4-7-21/h9H,2-8H2,1H3,(H2,17,18,19,20). The van der Waals surface area contributed by atoms with Crippen LogP contribution < -0.4 is 10.6 Å². The van der Waals surface area contributed by atoms with Gasteiger partial charge >= 0.3 is 6.18 Å². The van der Waals surface area contributed by atoms with Gasteiger partial charge in [0.05, 0.1) is 0 Å². The third kappa shape index (κ3) is 4.73. The number of nitrogens with one attached hydrogen (secondary N) is 2. The number of aromatic nitrogens is 2. The molecule has 0 spiro atoms. The zero-order valence-corrected chi connectivity index (χ0v) is 12.0. The Bertz CT molecular complexity index is 458. The topological polar surface area (TPSA) is 53.1 Å². The van der Waals surface area contributed by atoms with Crippen LogP contribution in [0.1, 0.15) is 25.0 Å². The van der Waals surface area contributed by atoms with E-state index in [0.29, 0.717) is 6.54 Å². The number of rotatable bonds is 5. The monoisotopic (exact) mass is 303 g/mol. The lowest BCUT2D eigenvalue weighted by atomic mass is 10.1. The van der Waals surface area contributed by atoms with E-state index in [1.54, 1.807) is 0 Å². The normalized spacial score (nSPS) is 16.8. The molecule has 1 fully saturated rings. The molecule has 0 bridgehead atoms. The number of likely N-dealkylation sites (tertiary alicyclic amines) is 1. The summed E-state index contributed by atoms with van der Waals surface area (Å²) in [6.45, 7) is 3.49. The van der Waals surface area contributed by atoms with Crippen LogP contribution in [-0.2, 0) is 6.18 Å². The summed E-state index contributed by atoms with van der Waals surface area (Å²) in [7, 11) is 1.49. The summed E-state index contributed by atoms with van der Waals surface area (Å²) in [5.74, 6) is 0.156. The van der Waals surface area contributed by atoms with Crippen LogP contribution in [0.25, 0.3) is 0 Å². The molecule has 118 valence electrons. The van der Waals surface area contributed by atoms with Crippen molar-refractivity contribution in [2.45, 2.75) is 25.4 Å². The fraction of sp³-hybridized carbons (Fsp3) is 0.692. The van der Waals surface area contributed by atoms with Crippen molar-refractivity contribution in [1.29, 1.82) is 0 Å². The minimum Gasteiger partial charge on any atom is -0.369 e. The van der Waals surface area contributed by atoms with Crippen molar-refractivity contribution in [3.63, 3.8) is 0 Å². The second kappa shape index (κ2) is 6.93. The molecule has 0 radical (unpaired) electrons. The van der Waals surface area contributed by atoms with Gasteiger partial charge in [0.1, 0.15) is 5.82 Å². The summed E-state index contributed by atoms with van der Waals surface area (Å²) in [4.78, 5) is 9.73. The molecular formula is C13H20F3N5. The minimum absolute atomic E-state index is 0.0368. The van der Waals surface area contributed by atoms with E-state index in [1.165, 1.54) is 26.3 Å². The number of piperidine rings is 1. The molecule has 0 amide bonds. The second-order valence-corrected chi connectivity index (χ2v) is 5.04. The number of nitrogens with zero attached hydrogens (tertiary/aromatic N) is 3. The molecular weight excluding hydrogens is 283 g/mol. The largest absolute Gasteiger partial charge is 0.433 e. The van der Waals surface area contributed by atoms with E-state index in [2.05, 4.69) is 25.5 Å². The molecule has 2 rings (SSSR count). The van der Waals surface area contributed by atoms with E-state index in [4.69, 9.17) is 0 Å². The van der Waals surface area contributed by atoms with Crippen molar-refractivity contribution in [3.05, 3.63) is 11.8 Å². The van der Waals surface area contributed by atoms with Gasteiger partial charge in [0, 0.05) is 26.2 Å². The minimum atomic E-state index is -4.47. The Hall–Kier alpha value is -1.57. The lowest BCUT2D eigenvalue weighted by Gasteiger charge is -2.26. The summed E-state index contributed by atoms with van der Waals surface area (Å²) < 4.78 is 38.2. The Balaban J connectivity index is 1.95. The molecule has 1 saturated heterocycles. The molecule has 21 heavy (non-hydrogen) atoms. The summed E-state index contributed by atoms with van der Waals surface area (Å²) in [5.41, 5.74) is -0.942. The van der Waals surface area contributed by atoms with Crippen molar-refractivity contribution in [1.82, 2.24) is 14.9 Å². The first-order chi connectivity index (χ1) is 9.99. The smallest absolute Gasteiger partial charge is 0.369 e. The first-order valence-electron chi connectivity index (χ1n) is 7.09. The average Bonchev–Trinajstić information content (AvgIpc) is 2.47. The van der Waals surface area contributed by atoms with Crippen LogP contribution in [0.3, 0.4) is 0 Å². The van der Waals surface area contributed by atoms with Gasteiger partial charge < -0.3 is 15.5 Å². The number of hydrogen-bond donors (Lipinski definition) is 2. The van der Waals surface area contributed by atoms with Gasteiger partial charge in [0.15, 0.2) is 5.69 Å². The Labute approximate surface area is 122 Å². The van der Waals surface area contributed by atoms with Gasteiger partial charge in [-0.25, -0.2) is 4.98 Å². The maximum Gasteiger partial charge on any atom is 0.433 e. The highest BCUT2D eigenvalue weighted by Crippen LogP contribution is 2.29. The Morgan fingerprint density at radius 1 is 1.19 bits per heavy atom. The second-order valence-electron chi connectivity index (χ2n) is 5.04. The van der Waals surface area contributed by atoms with Crippen molar-refractivity contribution in [2.24, 2.45) is 0 Å². The lowest BCUT2D eigenvalue weighted by Crippen LogP contribution is -2.33. The molecule has 2 heterocycles. The highest BCUT2D eigenvalue weighted by Gasteiger charge is 2.33. The fourth-order valence-electron chi connectivity index (χ4n) is 2.32. The molecule has 8 heteroatoms. The van der Waals surface area contributed by atoms with E-state index in [1.807, 2.05) is 0 Å². The van der Waals surface area contributed by atoms with Crippen LogP contribution in [0.15, 0.2) is 6.07 Å². The van der Waals surface area contributed by atoms with Crippen LogP contribution in [-0.4, -0.2) is 48.1 Å². The van der Waals surface area contributed by atoms with Gasteiger partial charge in [-0.1, -0.05) is 6.42 Å². The maximum atomic E-state index is 12.7. The third-order valence-electron chi connectivity index (χ3n) is 3.42. The van der Waals surface area contributed by atoms with E-state index >= 15 is 0 Å². The van der Waals surface area contributed by atoms with Gasteiger partial charge in [-0.3, -0.25) is 0 Å². The number of halogens is 3. The van der Waals surface area contributed by atoms with Crippen molar-refractivity contribution in [3.8, 4) is 0 Å². The molecule has 1 aliphatic heterocycles. The van der Waals surface area contributed by atoms with Crippen molar-refractivity contribution < 1.29 is 13.2 Å². The van der Waals surface area contributed by atoms with E-state index < -0.39 is 11.9 Å². The fourth-order valence-corrected chi connectivity index (χ4v) is 2.32. The van der Waals surface area contributed by atoms with Gasteiger partial charge in [0.25, 0.3) is 0 Å². The molecule has 2 N–H and O–H groups in total. The average molecular weight is 303 g/mol.